The molecule has 164 valence electrons. The Morgan fingerprint density at radius 1 is 1.19 bits per heavy atom. The number of halogens is 1. The third kappa shape index (κ3) is 4.62. The highest BCUT2D eigenvalue weighted by Crippen LogP contribution is 2.35. The molecular weight excluding hydrogens is 415 g/mol. The summed E-state index contributed by atoms with van der Waals surface area (Å²) in [7, 11) is 5.40. The van der Waals surface area contributed by atoms with Crippen molar-refractivity contribution in [2.75, 3.05) is 50.2 Å². The fourth-order valence-electron chi connectivity index (χ4n) is 3.84. The van der Waals surface area contributed by atoms with Gasteiger partial charge in [-0.25, -0.2) is 14.4 Å². The van der Waals surface area contributed by atoms with Crippen LogP contribution in [0.5, 0.6) is 5.75 Å². The summed E-state index contributed by atoms with van der Waals surface area (Å²) in [4.78, 5) is 11.6. The largest absolute Gasteiger partial charge is 0.495 e. The molecule has 0 bridgehead atoms. The van der Waals surface area contributed by atoms with E-state index in [9.17, 15) is 4.39 Å². The van der Waals surface area contributed by atoms with E-state index < -0.39 is 6.17 Å². The molecule has 0 aliphatic carbocycles. The van der Waals surface area contributed by atoms with Gasteiger partial charge >= 0.3 is 0 Å². The highest BCUT2D eigenvalue weighted by Gasteiger charge is 2.28. The average molecular weight is 443 g/mol. The van der Waals surface area contributed by atoms with Crippen LogP contribution in [0.3, 0.4) is 0 Å². The Bertz CT molecular complexity index is 1080. The van der Waals surface area contributed by atoms with Gasteiger partial charge in [-0.15, -0.1) is 12.6 Å². The maximum Gasteiger partial charge on any atom is 0.144 e. The number of aromatic nitrogens is 2. The number of benzene rings is 2. The summed E-state index contributed by atoms with van der Waals surface area (Å²) in [6.07, 6.45) is 1.27. The third-order valence-electron chi connectivity index (χ3n) is 5.57. The van der Waals surface area contributed by atoms with Crippen LogP contribution in [0.25, 0.3) is 10.9 Å². The normalized spacial score (nSPS) is 19.3. The van der Waals surface area contributed by atoms with Gasteiger partial charge in [0.2, 0.25) is 0 Å². The van der Waals surface area contributed by atoms with Crippen molar-refractivity contribution in [1.29, 1.82) is 0 Å². The number of hydrogen-bond donors (Lipinski definition) is 4. The zero-order chi connectivity index (χ0) is 22.0. The number of alkyl halides is 1. The topological polar surface area (TPSA) is 74.3 Å². The molecule has 0 amide bonds. The predicted octanol–water partition coefficient (Wildman–Crippen LogP) is 4.17. The fraction of sp³-hybridized carbons (Fsp3) is 0.364. The van der Waals surface area contributed by atoms with Crippen LogP contribution in [-0.4, -0.2) is 61.4 Å². The molecule has 3 aromatic rings. The second kappa shape index (κ2) is 9.15. The van der Waals surface area contributed by atoms with Gasteiger partial charge in [0.05, 0.1) is 24.4 Å². The Hall–Kier alpha value is -2.78. The van der Waals surface area contributed by atoms with Gasteiger partial charge in [0.25, 0.3) is 0 Å². The Morgan fingerprint density at radius 3 is 2.74 bits per heavy atom. The minimum atomic E-state index is -0.955. The Morgan fingerprint density at radius 2 is 2.03 bits per heavy atom. The predicted molar refractivity (Wildman–Crippen MR) is 127 cm³/mol. The quantitative estimate of drug-likeness (QED) is 0.427. The molecule has 7 nitrogen and oxygen atoms in total. The van der Waals surface area contributed by atoms with Gasteiger partial charge in [-0.3, -0.25) is 0 Å². The molecule has 1 saturated heterocycles. The molecule has 31 heavy (non-hydrogen) atoms. The lowest BCUT2D eigenvalue weighted by molar-refractivity contribution is 0.149. The molecule has 1 aliphatic heterocycles. The van der Waals surface area contributed by atoms with Gasteiger partial charge in [0.15, 0.2) is 0 Å². The van der Waals surface area contributed by atoms with Crippen molar-refractivity contribution in [2.45, 2.75) is 23.5 Å². The standard InChI is InChI=1S/C22H27FN6OS/c1-24-17-5-4-13(8-21(17)31)27-22-14-9-19(20(30-3)10-18(14)25-12-26-22)28-16-6-7-29(2)11-15(16)23/h4-5,8-10,12,15-16,24,28,31H,6-7,11H2,1-3H3,(H,25,26,27)/t15-,16-/m1/s1. The smallest absolute Gasteiger partial charge is 0.144 e. The molecule has 2 atom stereocenters. The summed E-state index contributed by atoms with van der Waals surface area (Å²) >= 11 is 4.52. The lowest BCUT2D eigenvalue weighted by atomic mass is 10.0. The van der Waals surface area contributed by atoms with E-state index in [4.69, 9.17) is 4.74 Å². The highest BCUT2D eigenvalue weighted by atomic mass is 32.1. The first kappa shape index (κ1) is 21.5. The summed E-state index contributed by atoms with van der Waals surface area (Å²) in [6, 6.07) is 9.33. The minimum Gasteiger partial charge on any atom is -0.495 e. The zero-order valence-electron chi connectivity index (χ0n) is 17.8. The van der Waals surface area contributed by atoms with Crippen LogP contribution in [0.4, 0.5) is 27.3 Å². The number of nitrogens with one attached hydrogen (secondary N) is 3. The van der Waals surface area contributed by atoms with Crippen LogP contribution < -0.4 is 20.7 Å². The molecule has 9 heteroatoms. The maximum atomic E-state index is 14.6. The first-order valence-electron chi connectivity index (χ1n) is 10.2. The van der Waals surface area contributed by atoms with Crippen LogP contribution >= 0.6 is 12.6 Å². The number of methoxy groups -OCH3 is 1. The number of thiol groups is 1. The van der Waals surface area contributed by atoms with E-state index in [2.05, 4.69) is 38.5 Å². The van der Waals surface area contributed by atoms with Crippen LogP contribution in [0.1, 0.15) is 6.42 Å². The van der Waals surface area contributed by atoms with Crippen LogP contribution in [0.15, 0.2) is 41.6 Å². The van der Waals surface area contributed by atoms with Crippen LogP contribution in [-0.2, 0) is 0 Å². The first-order valence-corrected chi connectivity index (χ1v) is 10.6. The number of piperidine rings is 1. The second-order valence-corrected chi connectivity index (χ2v) is 8.20. The lowest BCUT2D eigenvalue weighted by Crippen LogP contribution is -2.46. The van der Waals surface area contributed by atoms with Gasteiger partial charge in [0.1, 0.15) is 24.1 Å². The van der Waals surface area contributed by atoms with Crippen LogP contribution in [0.2, 0.25) is 0 Å². The van der Waals surface area contributed by atoms with Crippen molar-refractivity contribution in [3.63, 3.8) is 0 Å². The molecule has 0 spiro atoms. The van der Waals surface area contributed by atoms with Crippen molar-refractivity contribution >= 4 is 46.4 Å². The maximum absolute atomic E-state index is 14.6. The Balaban J connectivity index is 1.67. The average Bonchev–Trinajstić information content (AvgIpc) is 2.76. The molecule has 1 aromatic heterocycles. The van der Waals surface area contributed by atoms with E-state index in [1.807, 2.05) is 49.3 Å². The summed E-state index contributed by atoms with van der Waals surface area (Å²) in [5, 5.41) is 10.6. The minimum absolute atomic E-state index is 0.274. The summed E-state index contributed by atoms with van der Waals surface area (Å²) in [5.74, 6) is 1.28. The molecule has 0 unspecified atom stereocenters. The van der Waals surface area contributed by atoms with Crippen molar-refractivity contribution < 1.29 is 9.13 Å². The van der Waals surface area contributed by atoms with Gasteiger partial charge in [-0.1, -0.05) is 0 Å². The van der Waals surface area contributed by atoms with Crippen molar-refractivity contribution in [2.24, 2.45) is 0 Å². The summed E-state index contributed by atoms with van der Waals surface area (Å²) in [6.45, 7) is 1.26. The Kier molecular flexibility index (Phi) is 6.33. The second-order valence-electron chi connectivity index (χ2n) is 7.72. The number of anilines is 4. The Labute approximate surface area is 186 Å². The highest BCUT2D eigenvalue weighted by molar-refractivity contribution is 7.80. The molecule has 0 radical (unpaired) electrons. The van der Waals surface area contributed by atoms with E-state index in [0.29, 0.717) is 18.1 Å². The fourth-order valence-corrected chi connectivity index (χ4v) is 4.17. The number of rotatable bonds is 6. The number of nitrogens with zero attached hydrogens (tertiary/aromatic N) is 3. The van der Waals surface area contributed by atoms with Crippen molar-refractivity contribution in [3.05, 3.63) is 36.7 Å². The molecule has 2 heterocycles. The summed E-state index contributed by atoms with van der Waals surface area (Å²) in [5.41, 5.74) is 3.26. The summed E-state index contributed by atoms with van der Waals surface area (Å²) < 4.78 is 20.2. The molecule has 2 aromatic carbocycles. The van der Waals surface area contributed by atoms with E-state index >= 15 is 0 Å². The molecule has 0 saturated carbocycles. The molecule has 4 rings (SSSR count). The lowest BCUT2D eigenvalue weighted by Gasteiger charge is -2.33. The van der Waals surface area contributed by atoms with Gasteiger partial charge < -0.3 is 25.6 Å². The molecule has 1 fully saturated rings. The van der Waals surface area contributed by atoms with Crippen molar-refractivity contribution in [3.8, 4) is 5.75 Å². The molecule has 1 aliphatic rings. The van der Waals surface area contributed by atoms with Gasteiger partial charge in [-0.2, -0.15) is 0 Å². The van der Waals surface area contributed by atoms with E-state index in [1.165, 1.54) is 6.33 Å². The molecular formula is C22H27FN6OS. The third-order valence-corrected chi connectivity index (χ3v) is 5.94. The van der Waals surface area contributed by atoms with Crippen molar-refractivity contribution in [1.82, 2.24) is 14.9 Å². The number of likely N-dealkylation sites (tertiary alicyclic amines) is 1. The van der Waals surface area contributed by atoms with Gasteiger partial charge in [0, 0.05) is 47.9 Å². The van der Waals surface area contributed by atoms with E-state index in [1.54, 1.807) is 7.11 Å². The van der Waals surface area contributed by atoms with E-state index in [-0.39, 0.29) is 6.04 Å². The van der Waals surface area contributed by atoms with Crippen LogP contribution in [0, 0.1) is 0 Å². The monoisotopic (exact) mass is 442 g/mol. The zero-order valence-corrected chi connectivity index (χ0v) is 18.7. The SMILES string of the molecule is CNc1ccc(Nc2ncnc3cc(OC)c(N[C@@H]4CCN(C)C[C@H]4F)cc23)cc1S. The molecule has 3 N–H and O–H groups in total. The van der Waals surface area contributed by atoms with E-state index in [0.717, 1.165) is 45.8 Å². The first-order chi connectivity index (χ1) is 15.0. The number of fused-ring (bicyclic) bond motifs is 1. The number of hydrogen-bond acceptors (Lipinski definition) is 8. The number of ether oxygens (including phenoxy) is 1. The van der Waals surface area contributed by atoms with Gasteiger partial charge in [-0.05, 0) is 37.7 Å².